The summed E-state index contributed by atoms with van der Waals surface area (Å²) in [6.07, 6.45) is 2.06. The van der Waals surface area contributed by atoms with E-state index in [1.54, 1.807) is 6.07 Å². The Balaban J connectivity index is 2.58. The molecule has 0 spiro atoms. The number of carbonyl (C=O) groups is 1. The third-order valence-electron chi connectivity index (χ3n) is 0.664. The lowest BCUT2D eigenvalue weighted by Gasteiger charge is -1.94. The highest BCUT2D eigenvalue weighted by Gasteiger charge is 1.92. The van der Waals surface area contributed by atoms with Crippen molar-refractivity contribution in [3.8, 4) is 0 Å². The molecule has 1 aromatic heterocycles. The third kappa shape index (κ3) is 1.45. The summed E-state index contributed by atoms with van der Waals surface area (Å²) in [5.41, 5.74) is 4.66. The molecule has 1 aromatic rings. The van der Waals surface area contributed by atoms with E-state index >= 15 is 0 Å². The molecule has 9 heavy (non-hydrogen) atoms. The Bertz CT molecular complexity index is 194. The summed E-state index contributed by atoms with van der Waals surface area (Å²) in [7, 11) is 0. The SMILES string of the molecule is NC(=O)On1cccn1. The maximum atomic E-state index is 10.0. The normalized spacial score (nSPS) is 8.89. The highest BCUT2D eigenvalue weighted by molar-refractivity contribution is 5.64. The van der Waals surface area contributed by atoms with E-state index in [0.29, 0.717) is 0 Å². The predicted octanol–water partition coefficient (Wildman–Crippen LogP) is -0.610. The minimum atomic E-state index is -0.876. The second-order valence-electron chi connectivity index (χ2n) is 1.32. The fourth-order valence-corrected chi connectivity index (χ4v) is 0.401. The molecule has 0 bridgehead atoms. The van der Waals surface area contributed by atoms with Crippen molar-refractivity contribution in [3.63, 3.8) is 0 Å². The number of hydrogen-bond donors (Lipinski definition) is 1. The van der Waals surface area contributed by atoms with Gasteiger partial charge in [0.2, 0.25) is 0 Å². The van der Waals surface area contributed by atoms with E-state index in [1.807, 2.05) is 0 Å². The molecule has 0 aromatic carbocycles. The van der Waals surface area contributed by atoms with Crippen molar-refractivity contribution in [1.29, 1.82) is 0 Å². The molecule has 0 aliphatic rings. The summed E-state index contributed by atoms with van der Waals surface area (Å²) in [6, 6.07) is 1.61. The monoisotopic (exact) mass is 127 g/mol. The predicted molar refractivity (Wildman–Crippen MR) is 28.4 cm³/mol. The lowest BCUT2D eigenvalue weighted by atomic mass is 10.8. The van der Waals surface area contributed by atoms with Crippen molar-refractivity contribution in [1.82, 2.24) is 9.94 Å². The van der Waals surface area contributed by atoms with E-state index in [9.17, 15) is 4.79 Å². The molecule has 0 atom stereocenters. The van der Waals surface area contributed by atoms with Gasteiger partial charge in [0.15, 0.2) is 0 Å². The summed E-state index contributed by atoms with van der Waals surface area (Å²) < 4.78 is 0. The number of aromatic nitrogens is 2. The van der Waals surface area contributed by atoms with Crippen LogP contribution in [0.4, 0.5) is 4.79 Å². The molecule has 0 unspecified atom stereocenters. The van der Waals surface area contributed by atoms with Gasteiger partial charge >= 0.3 is 6.09 Å². The first-order chi connectivity index (χ1) is 4.29. The Morgan fingerprint density at radius 3 is 3.00 bits per heavy atom. The van der Waals surface area contributed by atoms with Crippen LogP contribution < -0.4 is 10.6 Å². The molecule has 0 saturated heterocycles. The minimum absolute atomic E-state index is 0.876. The molecule has 1 rings (SSSR count). The Morgan fingerprint density at radius 1 is 1.78 bits per heavy atom. The Labute approximate surface area is 51.0 Å². The number of carbonyl (C=O) groups excluding carboxylic acids is 1. The fourth-order valence-electron chi connectivity index (χ4n) is 0.401. The average molecular weight is 127 g/mol. The second kappa shape index (κ2) is 2.17. The Hall–Kier alpha value is -1.52. The largest absolute Gasteiger partial charge is 0.430 e. The number of primary amides is 1. The van der Waals surface area contributed by atoms with Gasteiger partial charge in [0.1, 0.15) is 0 Å². The van der Waals surface area contributed by atoms with Crippen molar-refractivity contribution < 1.29 is 9.63 Å². The highest BCUT2D eigenvalue weighted by atomic mass is 16.7. The van der Waals surface area contributed by atoms with Gasteiger partial charge in [-0.05, 0) is 6.07 Å². The van der Waals surface area contributed by atoms with Crippen LogP contribution in [0.15, 0.2) is 18.5 Å². The summed E-state index contributed by atoms with van der Waals surface area (Å²) in [6.45, 7) is 0. The molecule has 0 fully saturated rings. The van der Waals surface area contributed by atoms with Crippen LogP contribution in [0, 0.1) is 0 Å². The molecule has 0 saturated carbocycles. The second-order valence-corrected chi connectivity index (χ2v) is 1.32. The van der Waals surface area contributed by atoms with E-state index in [1.165, 1.54) is 12.4 Å². The van der Waals surface area contributed by atoms with Gasteiger partial charge in [-0.2, -0.15) is 0 Å². The molecular formula is C4H5N3O2. The van der Waals surface area contributed by atoms with Crippen molar-refractivity contribution in [2.45, 2.75) is 0 Å². The van der Waals surface area contributed by atoms with Gasteiger partial charge in [0.05, 0.1) is 12.4 Å². The molecule has 1 heterocycles. The van der Waals surface area contributed by atoms with Crippen molar-refractivity contribution in [3.05, 3.63) is 18.5 Å². The first-order valence-corrected chi connectivity index (χ1v) is 2.26. The zero-order valence-electron chi connectivity index (χ0n) is 4.52. The van der Waals surface area contributed by atoms with Gasteiger partial charge in [-0.3, -0.25) is 4.84 Å². The number of rotatable bonds is 1. The van der Waals surface area contributed by atoms with Crippen LogP contribution in [0.25, 0.3) is 0 Å². The number of nitrogens with zero attached hydrogens (tertiary/aromatic N) is 2. The van der Waals surface area contributed by atoms with Gasteiger partial charge in [-0.1, -0.05) is 4.85 Å². The molecule has 0 aliphatic heterocycles. The van der Waals surface area contributed by atoms with E-state index in [0.717, 1.165) is 4.85 Å². The summed E-state index contributed by atoms with van der Waals surface area (Å²) in [5, 5.41) is 3.55. The van der Waals surface area contributed by atoms with Gasteiger partial charge in [-0.25, -0.2) is 4.79 Å². The molecule has 1 amide bonds. The first kappa shape index (κ1) is 5.61. The number of amides is 1. The van der Waals surface area contributed by atoms with Crippen LogP contribution in [-0.2, 0) is 0 Å². The van der Waals surface area contributed by atoms with E-state index in [-0.39, 0.29) is 0 Å². The van der Waals surface area contributed by atoms with E-state index in [4.69, 9.17) is 0 Å². The summed E-state index contributed by atoms with van der Waals surface area (Å²) in [5.74, 6) is 0. The van der Waals surface area contributed by atoms with Crippen LogP contribution in [0.2, 0.25) is 0 Å². The van der Waals surface area contributed by atoms with Gasteiger partial charge in [-0.15, -0.1) is 5.10 Å². The van der Waals surface area contributed by atoms with Gasteiger partial charge < -0.3 is 5.73 Å². The number of nitrogens with two attached hydrogens (primary N) is 1. The number of hydrogen-bond acceptors (Lipinski definition) is 3. The van der Waals surface area contributed by atoms with E-state index < -0.39 is 6.09 Å². The van der Waals surface area contributed by atoms with Crippen LogP contribution >= 0.6 is 0 Å². The summed E-state index contributed by atoms with van der Waals surface area (Å²) >= 11 is 0. The highest BCUT2D eigenvalue weighted by Crippen LogP contribution is 1.77. The van der Waals surface area contributed by atoms with Crippen molar-refractivity contribution >= 4 is 6.09 Å². The topological polar surface area (TPSA) is 70.1 Å². The average Bonchev–Trinajstić information content (AvgIpc) is 2.15. The molecule has 0 radical (unpaired) electrons. The fraction of sp³-hybridized carbons (Fsp3) is 0. The quantitative estimate of drug-likeness (QED) is 0.547. The lowest BCUT2D eigenvalue weighted by molar-refractivity contribution is 0.125. The Kier molecular flexibility index (Phi) is 1.35. The Morgan fingerprint density at radius 2 is 2.56 bits per heavy atom. The standard InChI is InChI=1S/C4H5N3O2/c5-4(8)9-7-3-1-2-6-7/h1-3H,(H2,5,8). The summed E-state index contributed by atoms with van der Waals surface area (Å²) in [4.78, 5) is 15.3. The maximum Gasteiger partial charge on any atom is 0.430 e. The maximum absolute atomic E-state index is 10.0. The van der Waals surface area contributed by atoms with Gasteiger partial charge in [0.25, 0.3) is 0 Å². The van der Waals surface area contributed by atoms with Crippen LogP contribution in [-0.4, -0.2) is 16.0 Å². The first-order valence-electron chi connectivity index (χ1n) is 2.26. The molecule has 0 aliphatic carbocycles. The minimum Gasteiger partial charge on any atom is -0.333 e. The van der Waals surface area contributed by atoms with E-state index in [2.05, 4.69) is 15.7 Å². The molecule has 5 heteroatoms. The molecule has 5 nitrogen and oxygen atoms in total. The van der Waals surface area contributed by atoms with Crippen molar-refractivity contribution in [2.24, 2.45) is 5.73 Å². The van der Waals surface area contributed by atoms with Crippen LogP contribution in [0.1, 0.15) is 0 Å². The molecule has 2 N–H and O–H groups in total. The van der Waals surface area contributed by atoms with Crippen LogP contribution in [0.3, 0.4) is 0 Å². The molecular weight excluding hydrogens is 122 g/mol. The molecule has 48 valence electrons. The zero-order chi connectivity index (χ0) is 6.69. The van der Waals surface area contributed by atoms with Gasteiger partial charge in [0, 0.05) is 0 Å². The third-order valence-corrected chi connectivity index (χ3v) is 0.664. The lowest BCUT2D eigenvalue weighted by Crippen LogP contribution is -2.25. The zero-order valence-corrected chi connectivity index (χ0v) is 4.52. The smallest absolute Gasteiger partial charge is 0.333 e. The van der Waals surface area contributed by atoms with Crippen molar-refractivity contribution in [2.75, 3.05) is 0 Å². The van der Waals surface area contributed by atoms with Crippen LogP contribution in [0.5, 0.6) is 0 Å².